The average molecular weight is 365 g/mol. The number of hydrogen-bond donors (Lipinski definition) is 1. The summed E-state index contributed by atoms with van der Waals surface area (Å²) in [7, 11) is 0. The molecule has 2 heterocycles. The fourth-order valence-electron chi connectivity index (χ4n) is 3.05. The van der Waals surface area contributed by atoms with Crippen LogP contribution in [0.5, 0.6) is 11.5 Å². The Kier molecular flexibility index (Phi) is 4.41. The lowest BCUT2D eigenvalue weighted by Gasteiger charge is -2.19. The lowest BCUT2D eigenvalue weighted by Crippen LogP contribution is -2.21. The van der Waals surface area contributed by atoms with Crippen molar-refractivity contribution in [1.29, 1.82) is 0 Å². The molecule has 1 aromatic rings. The van der Waals surface area contributed by atoms with Crippen molar-refractivity contribution in [2.45, 2.75) is 31.7 Å². The highest BCUT2D eigenvalue weighted by Gasteiger charge is 2.26. The highest BCUT2D eigenvalue weighted by atomic mass is 35.5. The molecule has 0 bridgehead atoms. The van der Waals surface area contributed by atoms with Gasteiger partial charge in [-0.3, -0.25) is 9.79 Å². The summed E-state index contributed by atoms with van der Waals surface area (Å²) < 4.78 is 11.1. The lowest BCUT2D eigenvalue weighted by molar-refractivity contribution is -0.115. The molecule has 2 fully saturated rings. The maximum Gasteiger partial charge on any atom is 0.264 e. The predicted octanol–water partition coefficient (Wildman–Crippen LogP) is 3.61. The average Bonchev–Trinajstić information content (AvgIpc) is 3.18. The standard InChI is InChI=1S/C17H17ClN2O3S/c18-12-7-10(8-13-15(12)23-6-5-22-13)9-14-16(21)20-17(24-14)19-11-3-1-2-4-11/h7-9,11H,1-6H2,(H,19,20,21)/b14-9-. The molecule has 24 heavy (non-hydrogen) atoms. The quantitative estimate of drug-likeness (QED) is 0.814. The van der Waals surface area contributed by atoms with Gasteiger partial charge in [0.25, 0.3) is 5.91 Å². The van der Waals surface area contributed by atoms with Crippen LogP contribution in [-0.2, 0) is 4.79 Å². The number of amides is 1. The van der Waals surface area contributed by atoms with Crippen LogP contribution in [0.15, 0.2) is 22.0 Å². The minimum atomic E-state index is -0.122. The number of nitrogens with zero attached hydrogens (tertiary/aromatic N) is 1. The van der Waals surface area contributed by atoms with Gasteiger partial charge in [0.2, 0.25) is 0 Å². The first kappa shape index (κ1) is 15.8. The van der Waals surface area contributed by atoms with E-state index in [4.69, 9.17) is 21.1 Å². The van der Waals surface area contributed by atoms with Crippen molar-refractivity contribution in [1.82, 2.24) is 5.32 Å². The second-order valence-corrected chi connectivity index (χ2v) is 7.40. The number of hydrogen-bond acceptors (Lipinski definition) is 5. The Morgan fingerprint density at radius 1 is 1.25 bits per heavy atom. The zero-order valence-electron chi connectivity index (χ0n) is 13.0. The zero-order valence-corrected chi connectivity index (χ0v) is 14.6. The number of fused-ring (bicyclic) bond motifs is 1. The molecule has 3 aliphatic rings. The van der Waals surface area contributed by atoms with Crippen LogP contribution in [0.4, 0.5) is 0 Å². The van der Waals surface area contributed by atoms with Gasteiger partial charge in [-0.25, -0.2) is 0 Å². The van der Waals surface area contributed by atoms with Crippen LogP contribution in [0, 0.1) is 0 Å². The maximum atomic E-state index is 12.2. The van der Waals surface area contributed by atoms with Gasteiger partial charge in [-0.2, -0.15) is 0 Å². The van der Waals surface area contributed by atoms with Crippen molar-refractivity contribution in [3.8, 4) is 11.5 Å². The molecular formula is C17H17ClN2O3S. The number of ether oxygens (including phenoxy) is 2. The summed E-state index contributed by atoms with van der Waals surface area (Å²) in [6, 6.07) is 3.96. The topological polar surface area (TPSA) is 59.9 Å². The van der Waals surface area contributed by atoms with E-state index in [2.05, 4.69) is 10.3 Å². The van der Waals surface area contributed by atoms with Crippen molar-refractivity contribution >= 4 is 40.5 Å². The van der Waals surface area contributed by atoms with Crippen LogP contribution in [0.2, 0.25) is 5.02 Å². The SMILES string of the molecule is O=C1NC(=NC2CCCC2)S/C1=C\c1cc(Cl)c2c(c1)OCCO2. The normalized spacial score (nSPS) is 24.0. The summed E-state index contributed by atoms with van der Waals surface area (Å²) in [5.74, 6) is 1.06. The minimum Gasteiger partial charge on any atom is -0.486 e. The van der Waals surface area contributed by atoms with E-state index in [-0.39, 0.29) is 5.91 Å². The largest absolute Gasteiger partial charge is 0.486 e. The Hall–Kier alpha value is -1.66. The molecule has 0 radical (unpaired) electrons. The van der Waals surface area contributed by atoms with E-state index >= 15 is 0 Å². The van der Waals surface area contributed by atoms with Gasteiger partial charge in [-0.15, -0.1) is 0 Å². The molecule has 1 aromatic carbocycles. The second-order valence-electron chi connectivity index (χ2n) is 5.96. The highest BCUT2D eigenvalue weighted by Crippen LogP contribution is 2.39. The van der Waals surface area contributed by atoms with Crippen molar-refractivity contribution < 1.29 is 14.3 Å². The molecule has 0 spiro atoms. The molecule has 0 aromatic heterocycles. The molecule has 4 rings (SSSR count). The first-order valence-electron chi connectivity index (χ1n) is 8.07. The molecular weight excluding hydrogens is 348 g/mol. The minimum absolute atomic E-state index is 0.122. The molecule has 0 unspecified atom stereocenters. The first-order chi connectivity index (χ1) is 11.7. The van der Waals surface area contributed by atoms with Crippen molar-refractivity contribution in [3.05, 3.63) is 27.6 Å². The third-order valence-corrected chi connectivity index (χ3v) is 5.40. The van der Waals surface area contributed by atoms with Crippen LogP contribution in [0.1, 0.15) is 31.2 Å². The molecule has 1 aliphatic carbocycles. The zero-order chi connectivity index (χ0) is 16.5. The van der Waals surface area contributed by atoms with Gasteiger partial charge in [0, 0.05) is 0 Å². The smallest absolute Gasteiger partial charge is 0.264 e. The van der Waals surface area contributed by atoms with Gasteiger partial charge < -0.3 is 14.8 Å². The number of halogens is 1. The summed E-state index contributed by atoms with van der Waals surface area (Å²) in [5, 5.41) is 4.03. The van der Waals surface area contributed by atoms with Crippen LogP contribution >= 0.6 is 23.4 Å². The van der Waals surface area contributed by atoms with Gasteiger partial charge in [-0.1, -0.05) is 24.4 Å². The van der Waals surface area contributed by atoms with Crippen LogP contribution < -0.4 is 14.8 Å². The molecule has 1 N–H and O–H groups in total. The monoisotopic (exact) mass is 364 g/mol. The van der Waals surface area contributed by atoms with E-state index in [1.165, 1.54) is 24.6 Å². The number of benzene rings is 1. The Labute approximate surface area is 149 Å². The molecule has 1 amide bonds. The summed E-state index contributed by atoms with van der Waals surface area (Å²) in [4.78, 5) is 17.4. The van der Waals surface area contributed by atoms with Gasteiger partial charge in [0.05, 0.1) is 16.0 Å². The maximum absolute atomic E-state index is 12.2. The van der Waals surface area contributed by atoms with E-state index in [9.17, 15) is 4.79 Å². The fourth-order valence-corrected chi connectivity index (χ4v) is 4.22. The van der Waals surface area contributed by atoms with Gasteiger partial charge in [0.1, 0.15) is 13.2 Å². The Morgan fingerprint density at radius 2 is 2.04 bits per heavy atom. The molecule has 126 valence electrons. The molecule has 1 saturated heterocycles. The number of thioether (sulfide) groups is 1. The Balaban J connectivity index is 1.57. The fraction of sp³-hybridized carbons (Fsp3) is 0.412. The summed E-state index contributed by atoms with van der Waals surface area (Å²) >= 11 is 7.62. The number of rotatable bonds is 2. The molecule has 0 atom stereocenters. The molecule has 5 nitrogen and oxygen atoms in total. The van der Waals surface area contributed by atoms with Crippen molar-refractivity contribution in [2.24, 2.45) is 4.99 Å². The van der Waals surface area contributed by atoms with Crippen molar-refractivity contribution in [3.63, 3.8) is 0 Å². The van der Waals surface area contributed by atoms with Crippen LogP contribution in [-0.4, -0.2) is 30.3 Å². The van der Waals surface area contributed by atoms with E-state index in [0.717, 1.165) is 18.4 Å². The molecule has 2 aliphatic heterocycles. The summed E-state index contributed by atoms with van der Waals surface area (Å²) in [6.07, 6.45) is 6.46. The van der Waals surface area contributed by atoms with E-state index < -0.39 is 0 Å². The first-order valence-corrected chi connectivity index (χ1v) is 9.26. The summed E-state index contributed by atoms with van der Waals surface area (Å²) in [6.45, 7) is 0.989. The predicted molar refractivity (Wildman–Crippen MR) is 95.8 cm³/mol. The van der Waals surface area contributed by atoms with E-state index in [1.54, 1.807) is 12.1 Å². The van der Waals surface area contributed by atoms with E-state index in [0.29, 0.717) is 45.9 Å². The highest BCUT2D eigenvalue weighted by molar-refractivity contribution is 8.18. The van der Waals surface area contributed by atoms with Crippen LogP contribution in [0.25, 0.3) is 6.08 Å². The number of carbonyl (C=O) groups excluding carboxylic acids is 1. The molecule has 7 heteroatoms. The summed E-state index contributed by atoms with van der Waals surface area (Å²) in [5.41, 5.74) is 0.809. The Morgan fingerprint density at radius 3 is 2.88 bits per heavy atom. The number of aliphatic imine (C=N–C) groups is 1. The number of carbonyl (C=O) groups is 1. The third-order valence-electron chi connectivity index (χ3n) is 4.19. The number of nitrogens with one attached hydrogen (secondary N) is 1. The Bertz CT molecular complexity index is 742. The molecule has 1 saturated carbocycles. The van der Waals surface area contributed by atoms with Crippen LogP contribution in [0.3, 0.4) is 0 Å². The van der Waals surface area contributed by atoms with E-state index in [1.807, 2.05) is 6.07 Å². The number of amidine groups is 1. The van der Waals surface area contributed by atoms with Gasteiger partial charge in [-0.05, 0) is 48.4 Å². The van der Waals surface area contributed by atoms with Gasteiger partial charge >= 0.3 is 0 Å². The van der Waals surface area contributed by atoms with Gasteiger partial charge in [0.15, 0.2) is 16.7 Å². The third kappa shape index (κ3) is 3.26. The lowest BCUT2D eigenvalue weighted by atomic mass is 10.1. The second kappa shape index (κ2) is 6.69. The van der Waals surface area contributed by atoms with Crippen molar-refractivity contribution in [2.75, 3.05) is 13.2 Å².